The molecule has 0 aromatic heterocycles. The molecule has 0 amide bonds. The summed E-state index contributed by atoms with van der Waals surface area (Å²) in [5, 5.41) is 0. The van der Waals surface area contributed by atoms with Crippen molar-refractivity contribution < 1.29 is 0 Å². The van der Waals surface area contributed by atoms with Crippen LogP contribution in [0, 0.1) is 11.8 Å². The zero-order chi connectivity index (χ0) is 7.98. The molecule has 0 bridgehead atoms. The first-order valence-corrected chi connectivity index (χ1v) is 4.42. The Hall–Kier alpha value is -0.0400. The molecule has 2 N–H and O–H groups in total. The molecular weight excluding hydrogens is 122 g/mol. The third-order valence-electron chi connectivity index (χ3n) is 2.34. The van der Waals surface area contributed by atoms with E-state index < -0.39 is 0 Å². The summed E-state index contributed by atoms with van der Waals surface area (Å²) >= 11 is 0. The van der Waals surface area contributed by atoms with E-state index in [9.17, 15) is 0 Å². The number of hydrogen-bond acceptors (Lipinski definition) is 1. The molecule has 0 fully saturated rings. The summed E-state index contributed by atoms with van der Waals surface area (Å²) in [7, 11) is 0. The Labute approximate surface area is 65.0 Å². The van der Waals surface area contributed by atoms with Gasteiger partial charge in [0.25, 0.3) is 0 Å². The van der Waals surface area contributed by atoms with Crippen LogP contribution >= 0.6 is 0 Å². The number of nitrogens with two attached hydrogens (primary N) is 1. The van der Waals surface area contributed by atoms with Gasteiger partial charge in [-0.3, -0.25) is 0 Å². The van der Waals surface area contributed by atoms with E-state index in [1.54, 1.807) is 0 Å². The summed E-state index contributed by atoms with van der Waals surface area (Å²) in [4.78, 5) is 0. The summed E-state index contributed by atoms with van der Waals surface area (Å²) in [6.07, 6.45) is 3.83. The van der Waals surface area contributed by atoms with Gasteiger partial charge in [0.1, 0.15) is 0 Å². The highest BCUT2D eigenvalue weighted by atomic mass is 14.5. The molecule has 0 saturated carbocycles. The second-order valence-electron chi connectivity index (χ2n) is 3.32. The fraction of sp³-hybridized carbons (Fsp3) is 1.00. The van der Waals surface area contributed by atoms with E-state index in [0.717, 1.165) is 18.4 Å². The molecule has 0 spiro atoms. The molecule has 1 nitrogen and oxygen atoms in total. The van der Waals surface area contributed by atoms with Crippen LogP contribution in [-0.4, -0.2) is 6.54 Å². The molecule has 1 heteroatoms. The highest BCUT2D eigenvalue weighted by Gasteiger charge is 2.09. The predicted octanol–water partition coefficient (Wildman–Crippen LogP) is 2.41. The van der Waals surface area contributed by atoms with Gasteiger partial charge in [0.2, 0.25) is 0 Å². The smallest absolute Gasteiger partial charge is 0.00746 e. The van der Waals surface area contributed by atoms with Crippen LogP contribution in [0.5, 0.6) is 0 Å². The normalized spacial score (nSPS) is 16.8. The van der Waals surface area contributed by atoms with Gasteiger partial charge in [0.15, 0.2) is 0 Å². The van der Waals surface area contributed by atoms with Crippen LogP contribution in [-0.2, 0) is 0 Å². The van der Waals surface area contributed by atoms with Crippen molar-refractivity contribution in [3.63, 3.8) is 0 Å². The second kappa shape index (κ2) is 5.72. The van der Waals surface area contributed by atoms with Crippen molar-refractivity contribution in [3.05, 3.63) is 0 Å². The molecule has 2 unspecified atom stereocenters. The van der Waals surface area contributed by atoms with E-state index in [2.05, 4.69) is 20.8 Å². The highest BCUT2D eigenvalue weighted by Crippen LogP contribution is 2.18. The molecule has 0 rings (SSSR count). The monoisotopic (exact) mass is 143 g/mol. The van der Waals surface area contributed by atoms with Crippen LogP contribution < -0.4 is 5.73 Å². The summed E-state index contributed by atoms with van der Waals surface area (Å²) in [6, 6.07) is 0. The van der Waals surface area contributed by atoms with Crippen molar-refractivity contribution >= 4 is 0 Å². The molecule has 62 valence electrons. The van der Waals surface area contributed by atoms with Crippen molar-refractivity contribution in [2.24, 2.45) is 17.6 Å². The van der Waals surface area contributed by atoms with Crippen LogP contribution in [0.4, 0.5) is 0 Å². The Morgan fingerprint density at radius 3 is 2.00 bits per heavy atom. The maximum absolute atomic E-state index is 5.46. The fourth-order valence-corrected chi connectivity index (χ4v) is 1.29. The van der Waals surface area contributed by atoms with Crippen molar-refractivity contribution in [2.45, 2.75) is 40.0 Å². The molecule has 0 aromatic rings. The second-order valence-corrected chi connectivity index (χ2v) is 3.32. The molecule has 2 atom stereocenters. The van der Waals surface area contributed by atoms with E-state index in [-0.39, 0.29) is 0 Å². The van der Waals surface area contributed by atoms with E-state index in [0.29, 0.717) is 0 Å². The first kappa shape index (κ1) is 9.96. The largest absolute Gasteiger partial charge is 0.330 e. The molecule has 0 aliphatic carbocycles. The van der Waals surface area contributed by atoms with Gasteiger partial charge in [-0.2, -0.15) is 0 Å². The highest BCUT2D eigenvalue weighted by molar-refractivity contribution is 4.61. The average Bonchev–Trinajstić information content (AvgIpc) is 1.89. The van der Waals surface area contributed by atoms with Gasteiger partial charge in [-0.25, -0.2) is 0 Å². The average molecular weight is 143 g/mol. The lowest BCUT2D eigenvalue weighted by Crippen LogP contribution is -2.12. The van der Waals surface area contributed by atoms with E-state index in [1.807, 2.05) is 0 Å². The summed E-state index contributed by atoms with van der Waals surface area (Å²) < 4.78 is 0. The SMILES string of the molecule is CCCC(C)C(C)CCN. The Balaban J connectivity index is 3.38. The van der Waals surface area contributed by atoms with Crippen LogP contribution in [0.3, 0.4) is 0 Å². The lowest BCUT2D eigenvalue weighted by atomic mass is 9.89. The lowest BCUT2D eigenvalue weighted by Gasteiger charge is -2.17. The first-order valence-electron chi connectivity index (χ1n) is 4.42. The van der Waals surface area contributed by atoms with Crippen LogP contribution in [0.1, 0.15) is 40.0 Å². The van der Waals surface area contributed by atoms with Crippen LogP contribution in [0.25, 0.3) is 0 Å². The third-order valence-corrected chi connectivity index (χ3v) is 2.34. The Kier molecular flexibility index (Phi) is 5.70. The molecule has 0 heterocycles. The summed E-state index contributed by atoms with van der Waals surface area (Å²) in [6.45, 7) is 7.71. The molecule has 0 aliphatic heterocycles. The van der Waals surface area contributed by atoms with Gasteiger partial charge in [-0.05, 0) is 24.8 Å². The van der Waals surface area contributed by atoms with Gasteiger partial charge in [-0.1, -0.05) is 33.6 Å². The maximum atomic E-state index is 5.46. The zero-order valence-corrected chi connectivity index (χ0v) is 7.56. The van der Waals surface area contributed by atoms with Crippen molar-refractivity contribution in [1.29, 1.82) is 0 Å². The van der Waals surface area contributed by atoms with E-state index >= 15 is 0 Å². The van der Waals surface area contributed by atoms with Gasteiger partial charge in [0.05, 0.1) is 0 Å². The van der Waals surface area contributed by atoms with Gasteiger partial charge in [-0.15, -0.1) is 0 Å². The van der Waals surface area contributed by atoms with Crippen LogP contribution in [0.15, 0.2) is 0 Å². The maximum Gasteiger partial charge on any atom is -0.00746 e. The van der Waals surface area contributed by atoms with Gasteiger partial charge < -0.3 is 5.73 Å². The minimum Gasteiger partial charge on any atom is -0.330 e. The minimum absolute atomic E-state index is 0.810. The molecule has 0 saturated heterocycles. The van der Waals surface area contributed by atoms with E-state index in [1.165, 1.54) is 19.3 Å². The third kappa shape index (κ3) is 3.89. The standard InChI is InChI=1S/C9H21N/c1-4-5-8(2)9(3)6-7-10/h8-9H,4-7,10H2,1-3H3. The zero-order valence-electron chi connectivity index (χ0n) is 7.56. The molecular formula is C9H21N. The number of hydrogen-bond donors (Lipinski definition) is 1. The van der Waals surface area contributed by atoms with Crippen LogP contribution in [0.2, 0.25) is 0 Å². The topological polar surface area (TPSA) is 26.0 Å². The molecule has 0 radical (unpaired) electrons. The van der Waals surface area contributed by atoms with E-state index in [4.69, 9.17) is 5.73 Å². The van der Waals surface area contributed by atoms with Gasteiger partial charge >= 0.3 is 0 Å². The Morgan fingerprint density at radius 2 is 1.60 bits per heavy atom. The minimum atomic E-state index is 0.810. The molecule has 10 heavy (non-hydrogen) atoms. The molecule has 0 aliphatic rings. The fourth-order valence-electron chi connectivity index (χ4n) is 1.29. The van der Waals surface area contributed by atoms with Gasteiger partial charge in [0, 0.05) is 0 Å². The summed E-state index contributed by atoms with van der Waals surface area (Å²) in [5.41, 5.74) is 5.46. The Bertz CT molecular complexity index is 61.1. The van der Waals surface area contributed by atoms with Crippen molar-refractivity contribution in [2.75, 3.05) is 6.54 Å². The number of rotatable bonds is 5. The van der Waals surface area contributed by atoms with Crippen molar-refractivity contribution in [3.8, 4) is 0 Å². The quantitative estimate of drug-likeness (QED) is 0.628. The summed E-state index contributed by atoms with van der Waals surface area (Å²) in [5.74, 6) is 1.67. The van der Waals surface area contributed by atoms with Crippen molar-refractivity contribution in [1.82, 2.24) is 0 Å². The molecule has 0 aromatic carbocycles. The first-order chi connectivity index (χ1) is 4.72. The lowest BCUT2D eigenvalue weighted by molar-refractivity contribution is 0.345. The Morgan fingerprint density at radius 1 is 1.10 bits per heavy atom. The predicted molar refractivity (Wildman–Crippen MR) is 46.9 cm³/mol.